The van der Waals surface area contributed by atoms with Gasteiger partial charge in [0.05, 0.1) is 0 Å². The third kappa shape index (κ3) is 6.01. The first kappa shape index (κ1) is 21.8. The van der Waals surface area contributed by atoms with Gasteiger partial charge in [0, 0.05) is 36.9 Å². The molecule has 1 aromatic rings. The summed E-state index contributed by atoms with van der Waals surface area (Å²) in [4.78, 5) is 24.5. The normalized spacial score (nSPS) is 15.3. The van der Waals surface area contributed by atoms with E-state index in [1.165, 1.54) is 40.9 Å². The van der Waals surface area contributed by atoms with E-state index in [0.29, 0.717) is 18.7 Å². The van der Waals surface area contributed by atoms with Crippen LogP contribution in [-0.2, 0) is 16.1 Å². The Bertz CT molecular complexity index is 715. The van der Waals surface area contributed by atoms with E-state index in [1.54, 1.807) is 6.07 Å². The molecule has 0 bridgehead atoms. The summed E-state index contributed by atoms with van der Waals surface area (Å²) in [7, 11) is 0. The van der Waals surface area contributed by atoms with Crippen LogP contribution < -0.4 is 0 Å². The average Bonchev–Trinajstić information content (AvgIpc) is 3.11. The van der Waals surface area contributed by atoms with Gasteiger partial charge in [-0.25, -0.2) is 0 Å². The lowest BCUT2D eigenvalue weighted by atomic mass is 10.1. The maximum absolute atomic E-state index is 11.6. The SMILES string of the molecule is CCCCCC/C=C/c1cc(O)n(CCCC(C)CN2C(=O)C=CC2=O)c1O. The number of allylic oxidation sites excluding steroid dienone is 1. The Balaban J connectivity index is 1.79. The summed E-state index contributed by atoms with van der Waals surface area (Å²) >= 11 is 0. The van der Waals surface area contributed by atoms with Gasteiger partial charge in [-0.15, -0.1) is 0 Å². The van der Waals surface area contributed by atoms with Gasteiger partial charge in [0.1, 0.15) is 0 Å². The fourth-order valence-electron chi connectivity index (χ4n) is 3.40. The van der Waals surface area contributed by atoms with Gasteiger partial charge in [-0.1, -0.05) is 45.3 Å². The second kappa shape index (κ2) is 10.7. The minimum Gasteiger partial charge on any atom is -0.494 e. The number of hydrogen-bond donors (Lipinski definition) is 2. The summed E-state index contributed by atoms with van der Waals surface area (Å²) in [5.41, 5.74) is 0.625. The van der Waals surface area contributed by atoms with Crippen LogP contribution >= 0.6 is 0 Å². The molecule has 1 aromatic heterocycles. The van der Waals surface area contributed by atoms with Gasteiger partial charge in [-0.2, -0.15) is 0 Å². The third-order valence-corrected chi connectivity index (χ3v) is 5.07. The van der Waals surface area contributed by atoms with Gasteiger partial charge in [-0.05, 0) is 31.6 Å². The minimum absolute atomic E-state index is 0.0462. The average molecular weight is 389 g/mol. The van der Waals surface area contributed by atoms with E-state index in [1.807, 2.05) is 19.1 Å². The third-order valence-electron chi connectivity index (χ3n) is 5.07. The first-order chi connectivity index (χ1) is 13.4. The second-order valence-corrected chi connectivity index (χ2v) is 7.55. The van der Waals surface area contributed by atoms with Crippen molar-refractivity contribution in [1.82, 2.24) is 9.47 Å². The Kier molecular flexibility index (Phi) is 8.36. The molecule has 28 heavy (non-hydrogen) atoms. The molecule has 0 aromatic carbocycles. The topological polar surface area (TPSA) is 82.8 Å². The van der Waals surface area contributed by atoms with E-state index in [2.05, 4.69) is 6.92 Å². The van der Waals surface area contributed by atoms with Crippen molar-refractivity contribution in [3.05, 3.63) is 29.9 Å². The summed E-state index contributed by atoms with van der Waals surface area (Å²) in [6.45, 7) is 5.04. The lowest BCUT2D eigenvalue weighted by molar-refractivity contribution is -0.137. The molecule has 0 saturated heterocycles. The molecule has 0 aliphatic carbocycles. The predicted octanol–water partition coefficient (Wildman–Crippen LogP) is 4.22. The second-order valence-electron chi connectivity index (χ2n) is 7.55. The lowest BCUT2D eigenvalue weighted by Gasteiger charge is -2.19. The highest BCUT2D eigenvalue weighted by molar-refractivity contribution is 6.12. The summed E-state index contributed by atoms with van der Waals surface area (Å²) in [5, 5.41) is 20.5. The Morgan fingerprint density at radius 3 is 2.46 bits per heavy atom. The Hall–Kier alpha value is -2.50. The molecule has 0 fully saturated rings. The lowest BCUT2D eigenvalue weighted by Crippen LogP contribution is -2.34. The monoisotopic (exact) mass is 388 g/mol. The number of aromatic hydroxyl groups is 2. The largest absolute Gasteiger partial charge is 0.494 e. The number of amides is 2. The van der Waals surface area contributed by atoms with E-state index in [9.17, 15) is 19.8 Å². The highest BCUT2D eigenvalue weighted by atomic mass is 16.3. The molecule has 2 N–H and O–H groups in total. The number of nitrogens with zero attached hydrogens (tertiary/aromatic N) is 2. The summed E-state index contributed by atoms with van der Waals surface area (Å²) in [6.07, 6.45) is 13.7. The molecule has 2 rings (SSSR count). The van der Waals surface area contributed by atoms with Crippen LogP contribution in [0.25, 0.3) is 6.08 Å². The van der Waals surface area contributed by atoms with Crippen LogP contribution in [0.15, 0.2) is 24.3 Å². The number of aromatic nitrogens is 1. The van der Waals surface area contributed by atoms with Gasteiger partial charge in [-0.3, -0.25) is 19.1 Å². The van der Waals surface area contributed by atoms with Crippen molar-refractivity contribution >= 4 is 17.9 Å². The minimum atomic E-state index is -0.260. The molecule has 1 unspecified atom stereocenters. The number of imide groups is 1. The molecule has 2 heterocycles. The van der Waals surface area contributed by atoms with Gasteiger partial charge in [0.15, 0.2) is 5.88 Å². The molecule has 6 nitrogen and oxygen atoms in total. The van der Waals surface area contributed by atoms with Crippen LogP contribution in [0.4, 0.5) is 0 Å². The van der Waals surface area contributed by atoms with E-state index in [0.717, 1.165) is 25.7 Å². The number of carbonyl (C=O) groups excluding carboxylic acids is 2. The number of carbonyl (C=O) groups is 2. The molecule has 0 radical (unpaired) electrons. The van der Waals surface area contributed by atoms with E-state index in [-0.39, 0.29) is 29.5 Å². The molecule has 1 atom stereocenters. The summed E-state index contributed by atoms with van der Waals surface area (Å²) in [5.74, 6) is -0.253. The predicted molar refractivity (Wildman–Crippen MR) is 110 cm³/mol. The zero-order chi connectivity index (χ0) is 20.5. The van der Waals surface area contributed by atoms with Crippen molar-refractivity contribution in [3.63, 3.8) is 0 Å². The van der Waals surface area contributed by atoms with E-state index >= 15 is 0 Å². The summed E-state index contributed by atoms with van der Waals surface area (Å²) < 4.78 is 1.50. The van der Waals surface area contributed by atoms with Gasteiger partial charge >= 0.3 is 0 Å². The number of unbranched alkanes of at least 4 members (excludes halogenated alkanes) is 4. The highest BCUT2D eigenvalue weighted by Crippen LogP contribution is 2.29. The number of hydrogen-bond acceptors (Lipinski definition) is 4. The van der Waals surface area contributed by atoms with Crippen LogP contribution in [-0.4, -0.2) is 38.0 Å². The molecular formula is C22H32N2O4. The van der Waals surface area contributed by atoms with Crippen molar-refractivity contribution in [3.8, 4) is 11.8 Å². The molecule has 1 aliphatic heterocycles. The zero-order valence-corrected chi connectivity index (χ0v) is 16.9. The molecule has 1 aliphatic rings. The van der Waals surface area contributed by atoms with Gasteiger partial charge < -0.3 is 10.2 Å². The first-order valence-electron chi connectivity index (χ1n) is 10.3. The van der Waals surface area contributed by atoms with Crippen molar-refractivity contribution in [2.45, 2.75) is 65.3 Å². The Morgan fingerprint density at radius 1 is 1.07 bits per heavy atom. The molecular weight excluding hydrogens is 356 g/mol. The maximum atomic E-state index is 11.6. The van der Waals surface area contributed by atoms with Crippen LogP contribution in [0, 0.1) is 5.92 Å². The molecule has 154 valence electrons. The quantitative estimate of drug-likeness (QED) is 0.415. The maximum Gasteiger partial charge on any atom is 0.253 e. The first-order valence-corrected chi connectivity index (χ1v) is 10.3. The van der Waals surface area contributed by atoms with E-state index < -0.39 is 0 Å². The van der Waals surface area contributed by atoms with E-state index in [4.69, 9.17) is 0 Å². The standard InChI is InChI=1S/C22H32N2O4/c1-3-4-5-6-7-8-11-18-15-21(27)23(22(18)28)14-9-10-17(2)16-24-19(25)12-13-20(24)26/h8,11-13,15,17,27-28H,3-7,9-10,14,16H2,1-2H3/b11-8+. The Labute approximate surface area is 167 Å². The molecule has 0 saturated carbocycles. The fraction of sp³-hybridized carbons (Fsp3) is 0.545. The van der Waals surface area contributed by atoms with Crippen LogP contribution in [0.2, 0.25) is 0 Å². The van der Waals surface area contributed by atoms with Crippen molar-refractivity contribution < 1.29 is 19.8 Å². The summed E-state index contributed by atoms with van der Waals surface area (Å²) in [6, 6.07) is 1.58. The fourth-order valence-corrected chi connectivity index (χ4v) is 3.40. The molecule has 0 spiro atoms. The van der Waals surface area contributed by atoms with Crippen LogP contribution in [0.1, 0.15) is 64.4 Å². The van der Waals surface area contributed by atoms with Gasteiger partial charge in [0.2, 0.25) is 5.88 Å². The zero-order valence-electron chi connectivity index (χ0n) is 16.9. The van der Waals surface area contributed by atoms with Crippen LogP contribution in [0.5, 0.6) is 11.8 Å². The smallest absolute Gasteiger partial charge is 0.253 e. The highest BCUT2D eigenvalue weighted by Gasteiger charge is 2.24. The number of rotatable bonds is 12. The van der Waals surface area contributed by atoms with Crippen molar-refractivity contribution in [1.29, 1.82) is 0 Å². The van der Waals surface area contributed by atoms with Gasteiger partial charge in [0.25, 0.3) is 11.8 Å². The van der Waals surface area contributed by atoms with Crippen molar-refractivity contribution in [2.24, 2.45) is 5.92 Å². The van der Waals surface area contributed by atoms with Crippen molar-refractivity contribution in [2.75, 3.05) is 6.54 Å². The van der Waals surface area contributed by atoms with Crippen LogP contribution in [0.3, 0.4) is 0 Å². The molecule has 6 heteroatoms. The Morgan fingerprint density at radius 2 is 1.79 bits per heavy atom. The molecule has 2 amide bonds.